The van der Waals surface area contributed by atoms with Crippen LogP contribution in [0.25, 0.3) is 11.1 Å². The molecule has 0 fully saturated rings. The molecule has 0 aliphatic carbocycles. The Morgan fingerprint density at radius 1 is 1.12 bits per heavy atom. The third-order valence-electron chi connectivity index (χ3n) is 4.75. The van der Waals surface area contributed by atoms with Crippen molar-refractivity contribution in [1.29, 1.82) is 0 Å². The van der Waals surface area contributed by atoms with E-state index in [4.69, 9.17) is 16.2 Å². The quantitative estimate of drug-likeness (QED) is 0.754. The van der Waals surface area contributed by atoms with Gasteiger partial charge in [0.25, 0.3) is 0 Å². The third kappa shape index (κ3) is 3.01. The first kappa shape index (κ1) is 16.2. The highest BCUT2D eigenvalue weighted by atomic mass is 16.5. The molecule has 6 heteroatoms. The van der Waals surface area contributed by atoms with Gasteiger partial charge in [-0.15, -0.1) is 0 Å². The molecule has 4 rings (SSSR count). The predicted octanol–water partition coefficient (Wildman–Crippen LogP) is 2.88. The minimum absolute atomic E-state index is 0.205. The molecule has 2 aromatic carbocycles. The summed E-state index contributed by atoms with van der Waals surface area (Å²) in [5, 5.41) is 0. The van der Waals surface area contributed by atoms with E-state index in [1.54, 1.807) is 13.3 Å². The number of nitrogen functional groups attached to an aromatic ring is 2. The van der Waals surface area contributed by atoms with E-state index in [9.17, 15) is 0 Å². The standard InChI is InChI=1S/C20H21N5O/c1-26-17-4-2-3-13(10-17)14-5-6-18-15(9-14)7-8-25(18)12-16-11-23-20(22)24-19(16)21/h2-6,9-11H,7-8,12H2,1H3,(H4,21,22,23,24). The van der Waals surface area contributed by atoms with Crippen molar-refractivity contribution in [2.45, 2.75) is 13.0 Å². The summed E-state index contributed by atoms with van der Waals surface area (Å²) >= 11 is 0. The van der Waals surface area contributed by atoms with E-state index in [1.165, 1.54) is 16.8 Å². The summed E-state index contributed by atoms with van der Waals surface area (Å²) in [6, 6.07) is 14.7. The lowest BCUT2D eigenvalue weighted by Gasteiger charge is -2.20. The van der Waals surface area contributed by atoms with Gasteiger partial charge in [0.05, 0.1) is 7.11 Å². The van der Waals surface area contributed by atoms with Crippen LogP contribution in [0.3, 0.4) is 0 Å². The van der Waals surface area contributed by atoms with Gasteiger partial charge in [-0.05, 0) is 47.4 Å². The molecule has 1 aliphatic rings. The highest BCUT2D eigenvalue weighted by Gasteiger charge is 2.21. The van der Waals surface area contributed by atoms with Gasteiger partial charge < -0.3 is 21.1 Å². The minimum Gasteiger partial charge on any atom is -0.497 e. The van der Waals surface area contributed by atoms with E-state index < -0.39 is 0 Å². The third-order valence-corrected chi connectivity index (χ3v) is 4.75. The molecule has 0 unspecified atom stereocenters. The van der Waals surface area contributed by atoms with Crippen molar-refractivity contribution in [1.82, 2.24) is 9.97 Å². The van der Waals surface area contributed by atoms with Crippen molar-refractivity contribution in [3.63, 3.8) is 0 Å². The molecule has 0 saturated carbocycles. The van der Waals surface area contributed by atoms with Crippen LogP contribution in [0.15, 0.2) is 48.7 Å². The summed E-state index contributed by atoms with van der Waals surface area (Å²) in [6.45, 7) is 1.62. The second-order valence-electron chi connectivity index (χ2n) is 6.39. The monoisotopic (exact) mass is 347 g/mol. The van der Waals surface area contributed by atoms with Gasteiger partial charge in [-0.25, -0.2) is 4.98 Å². The van der Waals surface area contributed by atoms with E-state index in [0.717, 1.165) is 29.8 Å². The summed E-state index contributed by atoms with van der Waals surface area (Å²) in [7, 11) is 1.69. The average molecular weight is 347 g/mol. The van der Waals surface area contributed by atoms with E-state index in [0.29, 0.717) is 12.4 Å². The number of rotatable bonds is 4. The lowest BCUT2D eigenvalue weighted by molar-refractivity contribution is 0.415. The zero-order valence-corrected chi connectivity index (χ0v) is 14.6. The number of nitrogens with zero attached hydrogens (tertiary/aromatic N) is 3. The molecule has 6 nitrogen and oxygen atoms in total. The first-order chi connectivity index (χ1) is 12.6. The Kier molecular flexibility index (Phi) is 4.08. The summed E-state index contributed by atoms with van der Waals surface area (Å²) in [5.41, 5.74) is 17.4. The number of benzene rings is 2. The minimum atomic E-state index is 0.205. The Morgan fingerprint density at radius 3 is 2.77 bits per heavy atom. The largest absolute Gasteiger partial charge is 0.497 e. The maximum absolute atomic E-state index is 5.98. The van der Waals surface area contributed by atoms with Gasteiger partial charge in [0.15, 0.2) is 0 Å². The fourth-order valence-electron chi connectivity index (χ4n) is 3.38. The maximum Gasteiger partial charge on any atom is 0.221 e. The fraction of sp³-hybridized carbons (Fsp3) is 0.200. The van der Waals surface area contributed by atoms with Gasteiger partial charge in [-0.2, -0.15) is 4.98 Å². The molecule has 2 heterocycles. The molecule has 0 atom stereocenters. The first-order valence-corrected chi connectivity index (χ1v) is 8.53. The molecular formula is C20H21N5O. The molecule has 0 radical (unpaired) electrons. The molecule has 0 bridgehead atoms. The summed E-state index contributed by atoms with van der Waals surface area (Å²) < 4.78 is 5.33. The lowest BCUT2D eigenvalue weighted by atomic mass is 10.0. The number of ether oxygens (including phenoxy) is 1. The SMILES string of the molecule is COc1cccc(-c2ccc3c(c2)CCN3Cc2cnc(N)nc2N)c1. The zero-order valence-electron chi connectivity index (χ0n) is 14.6. The Morgan fingerprint density at radius 2 is 1.96 bits per heavy atom. The molecule has 0 saturated heterocycles. The average Bonchev–Trinajstić information content (AvgIpc) is 3.06. The Labute approximate surface area is 152 Å². The topological polar surface area (TPSA) is 90.3 Å². The Balaban J connectivity index is 1.60. The molecule has 26 heavy (non-hydrogen) atoms. The highest BCUT2D eigenvalue weighted by Crippen LogP contribution is 2.34. The van der Waals surface area contributed by atoms with Crippen molar-refractivity contribution in [2.24, 2.45) is 0 Å². The van der Waals surface area contributed by atoms with Crippen LogP contribution in [0, 0.1) is 0 Å². The van der Waals surface area contributed by atoms with Gasteiger partial charge in [-0.1, -0.05) is 18.2 Å². The normalized spacial score (nSPS) is 12.9. The Bertz CT molecular complexity index is 957. The number of nitrogens with two attached hydrogens (primary N) is 2. The van der Waals surface area contributed by atoms with Gasteiger partial charge in [-0.3, -0.25) is 0 Å². The summed E-state index contributed by atoms with van der Waals surface area (Å²) in [6.07, 6.45) is 2.71. The van der Waals surface area contributed by atoms with Gasteiger partial charge in [0.2, 0.25) is 5.95 Å². The molecule has 1 aliphatic heterocycles. The smallest absolute Gasteiger partial charge is 0.221 e. The van der Waals surface area contributed by atoms with Gasteiger partial charge in [0, 0.05) is 30.5 Å². The number of anilines is 3. The number of hydrogen-bond donors (Lipinski definition) is 2. The maximum atomic E-state index is 5.98. The molecular weight excluding hydrogens is 326 g/mol. The lowest BCUT2D eigenvalue weighted by Crippen LogP contribution is -2.21. The fourth-order valence-corrected chi connectivity index (χ4v) is 3.38. The van der Waals surface area contributed by atoms with Crippen LogP contribution in [0.2, 0.25) is 0 Å². The van der Waals surface area contributed by atoms with Gasteiger partial charge >= 0.3 is 0 Å². The van der Waals surface area contributed by atoms with E-state index >= 15 is 0 Å². The number of methoxy groups -OCH3 is 1. The molecule has 132 valence electrons. The number of fused-ring (bicyclic) bond motifs is 1. The number of hydrogen-bond acceptors (Lipinski definition) is 6. The highest BCUT2D eigenvalue weighted by molar-refractivity contribution is 5.71. The van der Waals surface area contributed by atoms with Crippen molar-refractivity contribution in [2.75, 3.05) is 30.0 Å². The zero-order chi connectivity index (χ0) is 18.1. The molecule has 1 aromatic heterocycles. The van der Waals surface area contributed by atoms with Gasteiger partial charge in [0.1, 0.15) is 11.6 Å². The Hall–Kier alpha value is -3.28. The van der Waals surface area contributed by atoms with Crippen LogP contribution in [0.4, 0.5) is 17.5 Å². The van der Waals surface area contributed by atoms with Crippen LogP contribution >= 0.6 is 0 Å². The van der Waals surface area contributed by atoms with Crippen LogP contribution in [-0.2, 0) is 13.0 Å². The van der Waals surface area contributed by atoms with Crippen LogP contribution in [0.5, 0.6) is 5.75 Å². The van der Waals surface area contributed by atoms with E-state index in [2.05, 4.69) is 45.2 Å². The van der Waals surface area contributed by atoms with E-state index in [-0.39, 0.29) is 5.95 Å². The number of aromatic nitrogens is 2. The van der Waals surface area contributed by atoms with Crippen LogP contribution in [0.1, 0.15) is 11.1 Å². The second kappa shape index (κ2) is 6.55. The second-order valence-corrected chi connectivity index (χ2v) is 6.39. The molecule has 0 spiro atoms. The molecule has 3 aromatic rings. The molecule has 4 N–H and O–H groups in total. The van der Waals surface area contributed by atoms with Crippen molar-refractivity contribution < 1.29 is 4.74 Å². The first-order valence-electron chi connectivity index (χ1n) is 8.53. The van der Waals surface area contributed by atoms with E-state index in [1.807, 2.05) is 12.1 Å². The van der Waals surface area contributed by atoms with Crippen molar-refractivity contribution >= 4 is 17.5 Å². The van der Waals surface area contributed by atoms with Crippen LogP contribution in [-0.4, -0.2) is 23.6 Å². The summed E-state index contributed by atoms with van der Waals surface area (Å²) in [5.74, 6) is 1.51. The van der Waals surface area contributed by atoms with Crippen molar-refractivity contribution in [3.05, 3.63) is 59.8 Å². The van der Waals surface area contributed by atoms with Crippen LogP contribution < -0.4 is 21.1 Å². The predicted molar refractivity (Wildman–Crippen MR) is 104 cm³/mol. The molecule has 0 amide bonds. The summed E-state index contributed by atoms with van der Waals surface area (Å²) in [4.78, 5) is 10.4. The van der Waals surface area contributed by atoms with Crippen molar-refractivity contribution in [3.8, 4) is 16.9 Å².